The van der Waals surface area contributed by atoms with Gasteiger partial charge in [-0.3, -0.25) is 10.00 Å². The first-order chi connectivity index (χ1) is 14.7. The standard InChI is InChI=1S/C22H26N8/c1-14-11-20(29-28-14)26-22-25-19-6-3-2-5-18(19)21(27-22)24-15-12-16-7-8-17(13-15)30(16)10-4-9-23/h2-3,5-6,11,15-17H,4,7-8,10,12-13H2,1H3,(H3,24,25,26,27,28,29)/t15?,16-,17+. The van der Waals surface area contributed by atoms with Crippen molar-refractivity contribution in [2.75, 3.05) is 17.2 Å². The molecule has 1 aromatic carbocycles. The summed E-state index contributed by atoms with van der Waals surface area (Å²) < 4.78 is 0. The zero-order chi connectivity index (χ0) is 20.5. The van der Waals surface area contributed by atoms with Gasteiger partial charge < -0.3 is 10.6 Å². The molecule has 8 nitrogen and oxygen atoms in total. The lowest BCUT2D eigenvalue weighted by atomic mass is 9.97. The quantitative estimate of drug-likeness (QED) is 0.577. The van der Waals surface area contributed by atoms with Crippen molar-refractivity contribution in [1.82, 2.24) is 25.1 Å². The van der Waals surface area contributed by atoms with Crippen LogP contribution in [0.3, 0.4) is 0 Å². The third-order valence-electron chi connectivity index (χ3n) is 6.26. The van der Waals surface area contributed by atoms with Crippen LogP contribution in [0.25, 0.3) is 10.9 Å². The lowest BCUT2D eigenvalue weighted by Crippen LogP contribution is -2.47. The van der Waals surface area contributed by atoms with Gasteiger partial charge in [0.2, 0.25) is 5.95 Å². The number of nitriles is 1. The Labute approximate surface area is 175 Å². The van der Waals surface area contributed by atoms with Crippen LogP contribution >= 0.6 is 0 Å². The van der Waals surface area contributed by atoms with Crippen molar-refractivity contribution in [3.8, 4) is 6.07 Å². The second kappa shape index (κ2) is 7.92. The number of nitrogens with one attached hydrogen (secondary N) is 3. The molecule has 0 aliphatic carbocycles. The third kappa shape index (κ3) is 3.68. The number of H-pyrrole nitrogens is 1. The van der Waals surface area contributed by atoms with Gasteiger partial charge in [-0.1, -0.05) is 12.1 Å². The van der Waals surface area contributed by atoms with Crippen LogP contribution in [-0.4, -0.2) is 49.7 Å². The highest BCUT2D eigenvalue weighted by atomic mass is 15.3. The molecule has 1 unspecified atom stereocenters. The maximum absolute atomic E-state index is 8.95. The Hall–Kier alpha value is -3.18. The summed E-state index contributed by atoms with van der Waals surface area (Å²) in [5, 5.41) is 24.1. The van der Waals surface area contributed by atoms with E-state index >= 15 is 0 Å². The van der Waals surface area contributed by atoms with Crippen molar-refractivity contribution in [2.24, 2.45) is 0 Å². The summed E-state index contributed by atoms with van der Waals surface area (Å²) in [6, 6.07) is 13.8. The Morgan fingerprint density at radius 2 is 2.00 bits per heavy atom. The summed E-state index contributed by atoms with van der Waals surface area (Å²) in [5.41, 5.74) is 1.88. The number of benzene rings is 1. The number of rotatable bonds is 6. The van der Waals surface area contributed by atoms with Crippen LogP contribution in [0, 0.1) is 18.3 Å². The van der Waals surface area contributed by atoms with Crippen LogP contribution in [0.5, 0.6) is 0 Å². The Morgan fingerprint density at radius 1 is 1.20 bits per heavy atom. The fraction of sp³-hybridized carbons (Fsp3) is 0.455. The lowest BCUT2D eigenvalue weighted by Gasteiger charge is -2.39. The van der Waals surface area contributed by atoms with E-state index in [2.05, 4.69) is 42.9 Å². The van der Waals surface area contributed by atoms with E-state index in [1.54, 1.807) is 0 Å². The molecule has 0 spiro atoms. The van der Waals surface area contributed by atoms with Crippen LogP contribution in [-0.2, 0) is 0 Å². The van der Waals surface area contributed by atoms with Gasteiger partial charge in [0, 0.05) is 48.2 Å². The predicted molar refractivity (Wildman–Crippen MR) is 117 cm³/mol. The molecular weight excluding hydrogens is 376 g/mol. The second-order valence-corrected chi connectivity index (χ2v) is 8.32. The van der Waals surface area contributed by atoms with E-state index in [9.17, 15) is 0 Å². The van der Waals surface area contributed by atoms with E-state index in [1.165, 1.54) is 12.8 Å². The summed E-state index contributed by atoms with van der Waals surface area (Å²) in [6.45, 7) is 2.86. The Kier molecular flexibility index (Phi) is 4.97. The molecule has 2 bridgehead atoms. The second-order valence-electron chi connectivity index (χ2n) is 8.32. The minimum absolute atomic E-state index is 0.375. The highest BCUT2D eigenvalue weighted by Gasteiger charge is 2.40. The molecule has 0 saturated carbocycles. The number of nitrogens with zero attached hydrogens (tertiary/aromatic N) is 5. The van der Waals surface area contributed by atoms with E-state index < -0.39 is 0 Å². The van der Waals surface area contributed by atoms with E-state index in [0.717, 1.165) is 41.8 Å². The largest absolute Gasteiger partial charge is 0.367 e. The molecule has 154 valence electrons. The fourth-order valence-corrected chi connectivity index (χ4v) is 4.97. The number of aromatic nitrogens is 4. The number of fused-ring (bicyclic) bond motifs is 3. The maximum Gasteiger partial charge on any atom is 0.230 e. The molecule has 2 aliphatic rings. The first kappa shape index (κ1) is 18.8. The van der Waals surface area contributed by atoms with Gasteiger partial charge in [-0.15, -0.1) is 0 Å². The zero-order valence-corrected chi connectivity index (χ0v) is 17.1. The van der Waals surface area contributed by atoms with Crippen molar-refractivity contribution >= 4 is 28.5 Å². The molecule has 3 N–H and O–H groups in total. The van der Waals surface area contributed by atoms with Crippen molar-refractivity contribution in [3.63, 3.8) is 0 Å². The summed E-state index contributed by atoms with van der Waals surface area (Å²) in [5.74, 6) is 2.11. The Bertz CT molecular complexity index is 1070. The summed E-state index contributed by atoms with van der Waals surface area (Å²) >= 11 is 0. The minimum atomic E-state index is 0.375. The summed E-state index contributed by atoms with van der Waals surface area (Å²) in [6.07, 6.45) is 5.24. The molecule has 2 fully saturated rings. The smallest absolute Gasteiger partial charge is 0.230 e. The molecule has 4 heterocycles. The highest BCUT2D eigenvalue weighted by Crippen LogP contribution is 2.37. The first-order valence-corrected chi connectivity index (χ1v) is 10.6. The van der Waals surface area contributed by atoms with Gasteiger partial charge in [-0.25, -0.2) is 4.98 Å². The van der Waals surface area contributed by atoms with Crippen LogP contribution < -0.4 is 10.6 Å². The normalized spacial score (nSPS) is 23.4. The number of piperidine rings is 1. The predicted octanol–water partition coefficient (Wildman–Crippen LogP) is 3.73. The van der Waals surface area contributed by atoms with E-state index in [-0.39, 0.29) is 0 Å². The van der Waals surface area contributed by atoms with Gasteiger partial charge in [-0.05, 0) is 44.7 Å². The maximum atomic E-state index is 8.95. The van der Waals surface area contributed by atoms with Crippen molar-refractivity contribution in [3.05, 3.63) is 36.0 Å². The molecular formula is C22H26N8. The van der Waals surface area contributed by atoms with Crippen LogP contribution in [0.1, 0.15) is 37.8 Å². The molecule has 30 heavy (non-hydrogen) atoms. The number of aromatic amines is 1. The number of para-hydroxylation sites is 1. The van der Waals surface area contributed by atoms with Crippen molar-refractivity contribution < 1.29 is 0 Å². The Balaban J connectivity index is 1.38. The average molecular weight is 403 g/mol. The Morgan fingerprint density at radius 3 is 2.73 bits per heavy atom. The number of hydrogen-bond donors (Lipinski definition) is 3. The summed E-state index contributed by atoms with van der Waals surface area (Å²) in [7, 11) is 0. The molecule has 2 saturated heterocycles. The molecule has 5 rings (SSSR count). The lowest BCUT2D eigenvalue weighted by molar-refractivity contribution is 0.136. The first-order valence-electron chi connectivity index (χ1n) is 10.6. The van der Waals surface area contributed by atoms with Crippen LogP contribution in [0.2, 0.25) is 0 Å². The van der Waals surface area contributed by atoms with Gasteiger partial charge in [-0.2, -0.15) is 15.3 Å². The van der Waals surface area contributed by atoms with Crippen molar-refractivity contribution in [1.29, 1.82) is 5.26 Å². The average Bonchev–Trinajstić information content (AvgIpc) is 3.25. The van der Waals surface area contributed by atoms with E-state index in [4.69, 9.17) is 10.2 Å². The molecule has 2 aromatic heterocycles. The van der Waals surface area contributed by atoms with Gasteiger partial charge in [0.25, 0.3) is 0 Å². The monoisotopic (exact) mass is 402 g/mol. The van der Waals surface area contributed by atoms with Crippen LogP contribution in [0.4, 0.5) is 17.6 Å². The van der Waals surface area contributed by atoms with E-state index in [0.29, 0.717) is 36.3 Å². The van der Waals surface area contributed by atoms with Crippen molar-refractivity contribution in [2.45, 2.75) is 57.2 Å². The molecule has 3 atom stereocenters. The fourth-order valence-electron chi connectivity index (χ4n) is 4.97. The number of anilines is 3. The molecule has 2 aliphatic heterocycles. The summed E-state index contributed by atoms with van der Waals surface area (Å²) in [4.78, 5) is 12.0. The van der Waals surface area contributed by atoms with Gasteiger partial charge in [0.15, 0.2) is 5.82 Å². The van der Waals surface area contributed by atoms with Gasteiger partial charge in [0.05, 0.1) is 11.6 Å². The van der Waals surface area contributed by atoms with Gasteiger partial charge >= 0.3 is 0 Å². The molecule has 3 aromatic rings. The number of aryl methyl sites for hydroxylation is 1. The molecule has 0 radical (unpaired) electrons. The van der Waals surface area contributed by atoms with E-state index in [1.807, 2.05) is 31.2 Å². The molecule has 8 heteroatoms. The third-order valence-corrected chi connectivity index (χ3v) is 6.26. The van der Waals surface area contributed by atoms with Gasteiger partial charge in [0.1, 0.15) is 5.82 Å². The van der Waals surface area contributed by atoms with Crippen LogP contribution in [0.15, 0.2) is 30.3 Å². The zero-order valence-electron chi connectivity index (χ0n) is 17.1. The molecule has 0 amide bonds. The minimum Gasteiger partial charge on any atom is -0.367 e. The topological polar surface area (TPSA) is 106 Å². The highest BCUT2D eigenvalue weighted by molar-refractivity contribution is 5.90. The SMILES string of the molecule is Cc1cc(Nc2nc(NC3C[C@H]4CC[C@@H](C3)N4CCC#N)c3ccccc3n2)n[nH]1. The number of hydrogen-bond acceptors (Lipinski definition) is 7.